The van der Waals surface area contributed by atoms with Crippen LogP contribution in [0.5, 0.6) is 0 Å². The van der Waals surface area contributed by atoms with Gasteiger partial charge in [-0.1, -0.05) is 11.6 Å². The van der Waals surface area contributed by atoms with E-state index in [1.807, 2.05) is 19.0 Å². The molecule has 3 heterocycles. The van der Waals surface area contributed by atoms with Gasteiger partial charge in [-0.15, -0.1) is 11.8 Å². The first kappa shape index (κ1) is 34.2. The molecule has 5 rings (SSSR count). The van der Waals surface area contributed by atoms with Gasteiger partial charge in [0.1, 0.15) is 23.1 Å². The molecule has 0 aliphatic carbocycles. The number of carbonyl (C=O) groups is 1. The lowest BCUT2D eigenvalue weighted by atomic mass is 9.95. The zero-order chi connectivity index (χ0) is 34.0. The second kappa shape index (κ2) is 12.2. The van der Waals surface area contributed by atoms with Crippen LogP contribution in [0, 0.1) is 11.6 Å². The van der Waals surface area contributed by atoms with Gasteiger partial charge in [0.25, 0.3) is 0 Å². The van der Waals surface area contributed by atoms with Crippen LogP contribution in [-0.2, 0) is 10.9 Å². The fourth-order valence-electron chi connectivity index (χ4n) is 6.26. The lowest BCUT2D eigenvalue weighted by molar-refractivity contribution is -0.137. The maximum Gasteiger partial charge on any atom is 0.417 e. The Morgan fingerprint density at radius 2 is 1.72 bits per heavy atom. The number of amides is 1. The van der Waals surface area contributed by atoms with Gasteiger partial charge in [0.2, 0.25) is 0 Å². The number of aromatic nitrogens is 2. The van der Waals surface area contributed by atoms with Crippen LogP contribution < -0.4 is 10.6 Å². The number of alkyl halides is 3. The van der Waals surface area contributed by atoms with E-state index in [4.69, 9.17) is 16.3 Å². The Balaban J connectivity index is 1.77. The van der Waals surface area contributed by atoms with Crippen LogP contribution in [0.2, 0.25) is 5.02 Å². The second-order valence-electron chi connectivity index (χ2n) is 13.1. The summed E-state index contributed by atoms with van der Waals surface area (Å²) in [6.07, 6.45) is -5.49. The quantitative estimate of drug-likeness (QED) is 0.215. The van der Waals surface area contributed by atoms with Crippen molar-refractivity contribution >= 4 is 46.2 Å². The molecule has 0 bridgehead atoms. The van der Waals surface area contributed by atoms with E-state index in [2.05, 4.69) is 4.98 Å². The summed E-state index contributed by atoms with van der Waals surface area (Å²) in [5.74, 6) is -2.10. The van der Waals surface area contributed by atoms with Crippen LogP contribution in [-0.4, -0.2) is 82.6 Å². The van der Waals surface area contributed by atoms with Crippen LogP contribution in [0.3, 0.4) is 0 Å². The van der Waals surface area contributed by atoms with E-state index in [0.717, 1.165) is 23.9 Å². The Kier molecular flexibility index (Phi) is 9.06. The molecule has 0 spiro atoms. The van der Waals surface area contributed by atoms with Crippen LogP contribution >= 0.6 is 23.4 Å². The van der Waals surface area contributed by atoms with Crippen molar-refractivity contribution in [3.8, 4) is 11.1 Å². The van der Waals surface area contributed by atoms with Crippen LogP contribution in [0.1, 0.15) is 46.2 Å². The summed E-state index contributed by atoms with van der Waals surface area (Å²) in [6.45, 7) is 9.53. The average Bonchev–Trinajstić information content (AvgIpc) is 2.90. The van der Waals surface area contributed by atoms with Crippen molar-refractivity contribution in [2.24, 2.45) is 0 Å². The van der Waals surface area contributed by atoms with Crippen molar-refractivity contribution in [1.82, 2.24) is 19.4 Å². The molecule has 15 heteroatoms. The van der Waals surface area contributed by atoms with E-state index in [9.17, 15) is 27.2 Å². The normalized spacial score (nSPS) is 20.5. The van der Waals surface area contributed by atoms with Crippen LogP contribution in [0.4, 0.5) is 32.6 Å². The molecule has 0 N–H and O–H groups in total. The topological polar surface area (TPSA) is 70.9 Å². The first-order chi connectivity index (χ1) is 21.3. The fraction of sp³-hybridized carbons (Fsp3) is 0.516. The summed E-state index contributed by atoms with van der Waals surface area (Å²) < 4.78 is 81.1. The first-order valence-corrected chi connectivity index (χ1v) is 16.0. The molecule has 250 valence electrons. The van der Waals surface area contributed by atoms with Crippen molar-refractivity contribution in [2.45, 2.75) is 69.4 Å². The SMILES string of the molecule is C[C@@H]1CN(c2nc(=O)n3c4c(c(-c5cc(Cl)c(F)cc5F)c(C(F)(F)F)cc24)SC[C@@H]3CN(C)C)C[C@H](C)N1C(=O)OC(C)(C)C. The largest absolute Gasteiger partial charge is 0.444 e. The molecule has 2 aliphatic rings. The zero-order valence-electron chi connectivity index (χ0n) is 26.4. The van der Waals surface area contributed by atoms with Crippen molar-refractivity contribution in [1.29, 1.82) is 0 Å². The highest BCUT2D eigenvalue weighted by molar-refractivity contribution is 7.99. The summed E-state index contributed by atoms with van der Waals surface area (Å²) >= 11 is 7.02. The Bertz CT molecular complexity index is 1750. The number of halogens is 6. The number of likely N-dealkylation sites (N-methyl/N-ethyl adjacent to an activating group) is 1. The van der Waals surface area contributed by atoms with Gasteiger partial charge in [-0.05, 0) is 60.8 Å². The molecule has 3 atom stereocenters. The minimum Gasteiger partial charge on any atom is -0.444 e. The van der Waals surface area contributed by atoms with E-state index in [0.29, 0.717) is 12.6 Å². The summed E-state index contributed by atoms with van der Waals surface area (Å²) in [4.78, 5) is 36.4. The van der Waals surface area contributed by atoms with E-state index in [-0.39, 0.29) is 40.5 Å². The van der Waals surface area contributed by atoms with Crippen LogP contribution in [0.15, 0.2) is 27.9 Å². The van der Waals surface area contributed by atoms with Crippen molar-refractivity contribution in [3.63, 3.8) is 0 Å². The fourth-order valence-corrected chi connectivity index (χ4v) is 7.75. The standard InChI is InChI=1S/C31H35ClF5N5O3S/c1-15-11-40(12-16(2)41(15)29(44)45-30(3,4)5)27-19-8-20(31(35,36)37)24(18-9-21(32)23(34)10-22(18)33)26-25(19)42(28(43)38-27)17(14-46-26)13-39(6)7/h8-10,15-17H,11-14H2,1-7H3/t15-,16+,17-/m0/s1. The molecular formula is C31H35ClF5N5O3S. The molecule has 1 aromatic heterocycles. The van der Waals surface area contributed by atoms with E-state index in [1.54, 1.807) is 44.4 Å². The molecule has 1 amide bonds. The maximum atomic E-state index is 15.3. The first-order valence-electron chi connectivity index (χ1n) is 14.7. The van der Waals surface area contributed by atoms with Crippen molar-refractivity contribution in [2.75, 3.05) is 44.4 Å². The predicted molar refractivity (Wildman–Crippen MR) is 169 cm³/mol. The van der Waals surface area contributed by atoms with E-state index < -0.39 is 75.0 Å². The summed E-state index contributed by atoms with van der Waals surface area (Å²) in [7, 11) is 3.62. The molecule has 0 unspecified atom stereocenters. The van der Waals surface area contributed by atoms with Gasteiger partial charge in [-0.2, -0.15) is 18.2 Å². The Hall–Kier alpha value is -3.10. The Morgan fingerprint density at radius 3 is 2.28 bits per heavy atom. The van der Waals surface area contributed by atoms with Gasteiger partial charge in [0, 0.05) is 52.9 Å². The molecule has 1 saturated heterocycles. The highest BCUT2D eigenvalue weighted by atomic mass is 35.5. The minimum atomic E-state index is -4.97. The number of hydrogen-bond acceptors (Lipinski definition) is 7. The number of nitrogens with zero attached hydrogens (tertiary/aromatic N) is 5. The molecule has 2 aromatic carbocycles. The van der Waals surface area contributed by atoms with Gasteiger partial charge in [0.15, 0.2) is 0 Å². The highest BCUT2D eigenvalue weighted by Crippen LogP contribution is 2.50. The molecule has 0 saturated carbocycles. The third kappa shape index (κ3) is 6.40. The Morgan fingerprint density at radius 1 is 1.09 bits per heavy atom. The number of carbonyl (C=O) groups excluding carboxylic acids is 1. The highest BCUT2D eigenvalue weighted by Gasteiger charge is 2.42. The molecule has 1 fully saturated rings. The minimum absolute atomic E-state index is 0.0237. The molecule has 2 aliphatic heterocycles. The zero-order valence-corrected chi connectivity index (χ0v) is 28.0. The maximum absolute atomic E-state index is 15.3. The number of benzene rings is 2. The molecular weight excluding hydrogens is 653 g/mol. The number of hydrogen-bond donors (Lipinski definition) is 0. The van der Waals surface area contributed by atoms with E-state index >= 15 is 4.39 Å². The predicted octanol–water partition coefficient (Wildman–Crippen LogP) is 7.06. The Labute approximate surface area is 272 Å². The lowest BCUT2D eigenvalue weighted by Crippen LogP contribution is -2.60. The second-order valence-corrected chi connectivity index (χ2v) is 14.5. The monoisotopic (exact) mass is 687 g/mol. The number of thioether (sulfide) groups is 1. The number of anilines is 1. The van der Waals surface area contributed by atoms with Crippen LogP contribution in [0.25, 0.3) is 22.0 Å². The number of rotatable bonds is 4. The van der Waals surface area contributed by atoms with E-state index in [1.165, 1.54) is 4.57 Å². The number of piperazine rings is 1. The van der Waals surface area contributed by atoms with Crippen molar-refractivity contribution in [3.05, 3.63) is 50.9 Å². The molecule has 46 heavy (non-hydrogen) atoms. The third-order valence-electron chi connectivity index (χ3n) is 7.91. The van der Waals surface area contributed by atoms with Gasteiger partial charge in [0.05, 0.1) is 34.2 Å². The average molecular weight is 688 g/mol. The van der Waals surface area contributed by atoms with Gasteiger partial charge in [-0.3, -0.25) is 9.47 Å². The van der Waals surface area contributed by atoms with Crippen molar-refractivity contribution < 1.29 is 31.5 Å². The third-order valence-corrected chi connectivity index (χ3v) is 9.44. The molecule has 0 radical (unpaired) electrons. The van der Waals surface area contributed by atoms with Gasteiger partial charge < -0.3 is 14.5 Å². The lowest BCUT2D eigenvalue weighted by Gasteiger charge is -2.45. The smallest absolute Gasteiger partial charge is 0.417 e. The van der Waals surface area contributed by atoms with Gasteiger partial charge >= 0.3 is 18.0 Å². The summed E-state index contributed by atoms with van der Waals surface area (Å²) in [5.41, 5.74) is -3.45. The molecule has 8 nitrogen and oxygen atoms in total. The summed E-state index contributed by atoms with van der Waals surface area (Å²) in [6, 6.07) is 0.829. The number of ether oxygens (including phenoxy) is 1. The summed E-state index contributed by atoms with van der Waals surface area (Å²) in [5, 5.41) is -0.484. The molecule has 3 aromatic rings. The van der Waals surface area contributed by atoms with Gasteiger partial charge in [-0.25, -0.2) is 18.4 Å².